The number of halogens is 4. The van der Waals surface area contributed by atoms with Gasteiger partial charge in [-0.05, 0) is 35.9 Å². The highest BCUT2D eigenvalue weighted by Crippen LogP contribution is 2.34. The monoisotopic (exact) mass is 513 g/mol. The molecule has 7 nitrogen and oxygen atoms in total. The average molecular weight is 514 g/mol. The first-order valence-corrected chi connectivity index (χ1v) is 12.4. The third-order valence-electron chi connectivity index (χ3n) is 5.58. The van der Waals surface area contributed by atoms with Crippen LogP contribution in [0.2, 0.25) is 5.02 Å². The summed E-state index contributed by atoms with van der Waals surface area (Å²) in [5.41, 5.74) is 1.79. The van der Waals surface area contributed by atoms with Gasteiger partial charge in [0.25, 0.3) is 5.56 Å². The van der Waals surface area contributed by atoms with Crippen LogP contribution in [0, 0.1) is 0 Å². The molecule has 0 aliphatic carbocycles. The van der Waals surface area contributed by atoms with Gasteiger partial charge in [-0.15, -0.1) is 0 Å². The second-order valence-corrected chi connectivity index (χ2v) is 10.0. The first-order chi connectivity index (χ1) is 16.2. The van der Waals surface area contributed by atoms with E-state index in [1.54, 1.807) is 19.1 Å². The lowest BCUT2D eigenvalue weighted by molar-refractivity contribution is -0.138. The number of rotatable bonds is 6. The Morgan fingerprint density at radius 3 is 2.62 bits per heavy atom. The predicted octanol–water partition coefficient (Wildman–Crippen LogP) is 3.48. The summed E-state index contributed by atoms with van der Waals surface area (Å²) in [6, 6.07) is 6.85. The van der Waals surface area contributed by atoms with E-state index < -0.39 is 28.1 Å². The standard InChI is InChI=1S/C22H23ClF3N5O2S/c1-2-34(33)20-4-3-15(23)10-19(20)29-31-13-28-18-9-14(12-30-7-5-27-6-8-30)17(22(24,25)26)11-16(18)21(31)32/h3-4,9-11,13,27,29H,2,5-8,12H2,1H3. The number of aromatic nitrogens is 2. The summed E-state index contributed by atoms with van der Waals surface area (Å²) in [6.07, 6.45) is -3.43. The number of hydrogen-bond acceptors (Lipinski definition) is 6. The van der Waals surface area contributed by atoms with Crippen molar-refractivity contribution in [1.82, 2.24) is 19.9 Å². The van der Waals surface area contributed by atoms with Crippen molar-refractivity contribution < 1.29 is 17.4 Å². The largest absolute Gasteiger partial charge is 0.416 e. The zero-order chi connectivity index (χ0) is 24.5. The third-order valence-corrected chi connectivity index (χ3v) is 7.19. The predicted molar refractivity (Wildman–Crippen MR) is 127 cm³/mol. The highest BCUT2D eigenvalue weighted by atomic mass is 35.5. The summed E-state index contributed by atoms with van der Waals surface area (Å²) in [5.74, 6) is 0.339. The second-order valence-electron chi connectivity index (χ2n) is 7.86. The molecule has 1 unspecified atom stereocenters. The van der Waals surface area contributed by atoms with Gasteiger partial charge in [0.2, 0.25) is 0 Å². The van der Waals surface area contributed by atoms with Crippen LogP contribution in [-0.4, -0.2) is 50.7 Å². The first kappa shape index (κ1) is 24.6. The van der Waals surface area contributed by atoms with Crippen molar-refractivity contribution in [2.75, 3.05) is 37.4 Å². The minimum absolute atomic E-state index is 0.0787. The van der Waals surface area contributed by atoms with E-state index in [4.69, 9.17) is 11.6 Å². The smallest absolute Gasteiger partial charge is 0.314 e. The van der Waals surface area contributed by atoms with Gasteiger partial charge in [-0.25, -0.2) is 9.66 Å². The fourth-order valence-electron chi connectivity index (χ4n) is 3.87. The molecular weight excluding hydrogens is 491 g/mol. The number of hydrogen-bond donors (Lipinski definition) is 2. The van der Waals surface area contributed by atoms with E-state index in [2.05, 4.69) is 15.7 Å². The Morgan fingerprint density at radius 2 is 1.94 bits per heavy atom. The number of nitrogens with one attached hydrogen (secondary N) is 2. The van der Waals surface area contributed by atoms with Crippen LogP contribution < -0.4 is 16.3 Å². The van der Waals surface area contributed by atoms with E-state index in [-0.39, 0.29) is 23.0 Å². The summed E-state index contributed by atoms with van der Waals surface area (Å²) < 4.78 is 55.1. The van der Waals surface area contributed by atoms with Crippen LogP contribution in [0.1, 0.15) is 18.1 Å². The zero-order valence-corrected chi connectivity index (χ0v) is 19.9. The highest BCUT2D eigenvalue weighted by molar-refractivity contribution is 7.85. The first-order valence-electron chi connectivity index (χ1n) is 10.7. The minimum Gasteiger partial charge on any atom is -0.314 e. The summed E-state index contributed by atoms with van der Waals surface area (Å²) in [5, 5.41) is 3.34. The van der Waals surface area contributed by atoms with Crippen LogP contribution in [0.5, 0.6) is 0 Å². The topological polar surface area (TPSA) is 79.3 Å². The molecule has 1 fully saturated rings. The zero-order valence-electron chi connectivity index (χ0n) is 18.3. The van der Waals surface area contributed by atoms with Gasteiger partial charge in [-0.2, -0.15) is 13.2 Å². The molecule has 1 saturated heterocycles. The summed E-state index contributed by atoms with van der Waals surface area (Å²) in [4.78, 5) is 19.7. The lowest BCUT2D eigenvalue weighted by Crippen LogP contribution is -2.43. The normalized spacial score (nSPS) is 16.0. The van der Waals surface area contributed by atoms with Crippen molar-refractivity contribution in [2.24, 2.45) is 0 Å². The molecule has 0 spiro atoms. The van der Waals surface area contributed by atoms with Crippen molar-refractivity contribution in [3.05, 3.63) is 63.2 Å². The van der Waals surface area contributed by atoms with Gasteiger partial charge in [-0.1, -0.05) is 18.5 Å². The number of alkyl halides is 3. The number of piperazine rings is 1. The van der Waals surface area contributed by atoms with E-state index in [1.807, 2.05) is 4.90 Å². The molecule has 1 aliphatic rings. The van der Waals surface area contributed by atoms with Crippen molar-refractivity contribution in [2.45, 2.75) is 24.5 Å². The molecule has 0 amide bonds. The molecule has 34 heavy (non-hydrogen) atoms. The van der Waals surface area contributed by atoms with Crippen molar-refractivity contribution in [1.29, 1.82) is 0 Å². The molecule has 0 bridgehead atoms. The molecule has 1 aliphatic heterocycles. The van der Waals surface area contributed by atoms with Crippen LogP contribution in [0.25, 0.3) is 10.9 Å². The summed E-state index contributed by atoms with van der Waals surface area (Å²) >= 11 is 6.06. The lowest BCUT2D eigenvalue weighted by Gasteiger charge is -2.28. The fourth-order valence-corrected chi connectivity index (χ4v) is 4.92. The molecule has 2 heterocycles. The molecule has 2 N–H and O–H groups in total. The molecule has 0 radical (unpaired) electrons. The quantitative estimate of drug-likeness (QED) is 0.525. The van der Waals surface area contributed by atoms with Crippen LogP contribution in [0.4, 0.5) is 18.9 Å². The van der Waals surface area contributed by atoms with Crippen LogP contribution in [0.15, 0.2) is 46.3 Å². The maximum atomic E-state index is 13.9. The SMILES string of the molecule is CCS(=O)c1ccc(Cl)cc1Nn1cnc2cc(CN3CCNCC3)c(C(F)(F)F)cc2c1=O. The lowest BCUT2D eigenvalue weighted by atomic mass is 10.0. The van der Waals surface area contributed by atoms with Crippen molar-refractivity contribution >= 4 is 39.0 Å². The Morgan fingerprint density at radius 1 is 1.21 bits per heavy atom. The van der Waals surface area contributed by atoms with Crippen molar-refractivity contribution in [3.63, 3.8) is 0 Å². The highest BCUT2D eigenvalue weighted by Gasteiger charge is 2.34. The molecule has 1 aromatic heterocycles. The third kappa shape index (κ3) is 5.27. The molecule has 12 heteroatoms. The van der Waals surface area contributed by atoms with Gasteiger partial charge >= 0.3 is 6.18 Å². The number of fused-ring (bicyclic) bond motifs is 1. The molecule has 1 atom stereocenters. The fraction of sp³-hybridized carbons (Fsp3) is 0.364. The Labute approximate surface area is 201 Å². The molecule has 4 rings (SSSR count). The van der Waals surface area contributed by atoms with E-state index in [9.17, 15) is 22.2 Å². The van der Waals surface area contributed by atoms with E-state index >= 15 is 0 Å². The Bertz CT molecular complexity index is 1290. The van der Waals surface area contributed by atoms with Gasteiger partial charge < -0.3 is 5.32 Å². The van der Waals surface area contributed by atoms with Gasteiger partial charge in [0, 0.05) is 43.5 Å². The second kappa shape index (κ2) is 10.0. The molecular formula is C22H23ClF3N5O2S. The summed E-state index contributed by atoms with van der Waals surface area (Å²) in [6.45, 7) is 4.54. The van der Waals surface area contributed by atoms with E-state index in [0.29, 0.717) is 47.5 Å². The van der Waals surface area contributed by atoms with Gasteiger partial charge in [0.1, 0.15) is 6.33 Å². The summed E-state index contributed by atoms with van der Waals surface area (Å²) in [7, 11) is -1.35. The van der Waals surface area contributed by atoms with Gasteiger partial charge in [0.05, 0.1) is 37.8 Å². The Kier molecular flexibility index (Phi) is 7.27. The average Bonchev–Trinajstić information content (AvgIpc) is 2.80. The number of anilines is 1. The van der Waals surface area contributed by atoms with Gasteiger partial charge in [-0.3, -0.25) is 19.3 Å². The molecule has 2 aromatic carbocycles. The van der Waals surface area contributed by atoms with Crippen LogP contribution in [-0.2, 0) is 23.5 Å². The van der Waals surface area contributed by atoms with Crippen LogP contribution >= 0.6 is 11.6 Å². The molecule has 0 saturated carbocycles. The molecule has 182 valence electrons. The Balaban J connectivity index is 1.77. The number of benzene rings is 2. The maximum absolute atomic E-state index is 13.9. The van der Waals surface area contributed by atoms with Crippen LogP contribution in [0.3, 0.4) is 0 Å². The number of nitrogens with zero attached hydrogens (tertiary/aromatic N) is 3. The minimum atomic E-state index is -4.63. The molecule has 3 aromatic rings. The van der Waals surface area contributed by atoms with E-state index in [0.717, 1.165) is 10.7 Å². The van der Waals surface area contributed by atoms with Gasteiger partial charge in [0.15, 0.2) is 0 Å². The van der Waals surface area contributed by atoms with Crippen molar-refractivity contribution in [3.8, 4) is 0 Å². The maximum Gasteiger partial charge on any atom is 0.416 e. The Hall–Kier alpha value is -2.47. The van der Waals surface area contributed by atoms with E-state index in [1.165, 1.54) is 18.5 Å².